The third-order valence-electron chi connectivity index (χ3n) is 1.86. The van der Waals surface area contributed by atoms with Crippen molar-refractivity contribution < 1.29 is 18.0 Å². The highest BCUT2D eigenvalue weighted by molar-refractivity contribution is 5.98. The Morgan fingerprint density at radius 3 is 2.47 bits per heavy atom. The molecular weight excluding hydrogens is 209 g/mol. The maximum Gasteiger partial charge on any atom is 0.433 e. The number of carbonyl (C=O) groups is 1. The van der Waals surface area contributed by atoms with E-state index >= 15 is 0 Å². The Hall–Kier alpha value is -1.43. The van der Waals surface area contributed by atoms with Crippen LogP contribution in [0.4, 0.5) is 13.2 Å². The van der Waals surface area contributed by atoms with Crippen molar-refractivity contribution >= 4 is 5.78 Å². The molecular formula is C9H9F3N2O. The molecule has 0 aliphatic heterocycles. The minimum atomic E-state index is -4.49. The summed E-state index contributed by atoms with van der Waals surface area (Å²) in [4.78, 5) is 14.5. The molecule has 0 aliphatic rings. The summed E-state index contributed by atoms with van der Waals surface area (Å²) in [6, 6.07) is 1.87. The van der Waals surface area contributed by atoms with E-state index in [-0.39, 0.29) is 17.8 Å². The van der Waals surface area contributed by atoms with Crippen LogP contribution in [0.25, 0.3) is 0 Å². The summed E-state index contributed by atoms with van der Waals surface area (Å²) in [6.45, 7) is 1.10. The van der Waals surface area contributed by atoms with E-state index in [1.807, 2.05) is 0 Å². The van der Waals surface area contributed by atoms with Gasteiger partial charge in [-0.15, -0.1) is 0 Å². The smallest absolute Gasteiger partial charge is 0.324 e. The predicted octanol–water partition coefficient (Wildman–Crippen LogP) is 1.55. The summed E-state index contributed by atoms with van der Waals surface area (Å²) in [5.74, 6) is -0.422. The lowest BCUT2D eigenvalue weighted by atomic mass is 10.1. The number of nitrogens with two attached hydrogens (primary N) is 1. The van der Waals surface area contributed by atoms with Gasteiger partial charge in [-0.2, -0.15) is 13.2 Å². The molecule has 0 bridgehead atoms. The van der Waals surface area contributed by atoms with Crippen LogP contribution in [-0.2, 0) is 6.18 Å². The maximum atomic E-state index is 12.2. The summed E-state index contributed by atoms with van der Waals surface area (Å²) in [5.41, 5.74) is 4.26. The van der Waals surface area contributed by atoms with Crippen molar-refractivity contribution in [2.24, 2.45) is 5.73 Å². The molecule has 1 heterocycles. The van der Waals surface area contributed by atoms with E-state index in [4.69, 9.17) is 5.73 Å². The lowest BCUT2D eigenvalue weighted by Crippen LogP contribution is -2.17. The van der Waals surface area contributed by atoms with Crippen molar-refractivity contribution in [1.82, 2.24) is 4.98 Å². The molecule has 0 saturated heterocycles. The first-order chi connectivity index (χ1) is 6.86. The molecule has 1 aromatic heterocycles. The molecule has 0 unspecified atom stereocenters. The summed E-state index contributed by atoms with van der Waals surface area (Å²) in [5, 5.41) is 0. The van der Waals surface area contributed by atoms with Gasteiger partial charge in [-0.05, 0) is 19.1 Å². The zero-order valence-corrected chi connectivity index (χ0v) is 7.93. The van der Waals surface area contributed by atoms with Gasteiger partial charge in [0.15, 0.2) is 5.78 Å². The lowest BCUT2D eigenvalue weighted by Gasteiger charge is -2.08. The number of alkyl halides is 3. The van der Waals surface area contributed by atoms with Crippen molar-refractivity contribution in [3.05, 3.63) is 29.1 Å². The average Bonchev–Trinajstić information content (AvgIpc) is 2.15. The van der Waals surface area contributed by atoms with Crippen LogP contribution >= 0.6 is 0 Å². The van der Waals surface area contributed by atoms with Crippen LogP contribution in [-0.4, -0.2) is 17.3 Å². The molecule has 0 saturated carbocycles. The van der Waals surface area contributed by atoms with Gasteiger partial charge in [-0.25, -0.2) is 4.98 Å². The SMILES string of the molecule is Cc1nc(C(F)(F)F)ccc1C(=O)CN. The van der Waals surface area contributed by atoms with E-state index in [0.717, 1.165) is 12.1 Å². The topological polar surface area (TPSA) is 56.0 Å². The third-order valence-corrected chi connectivity index (χ3v) is 1.86. The van der Waals surface area contributed by atoms with Crippen molar-refractivity contribution in [3.8, 4) is 0 Å². The standard InChI is InChI=1S/C9H9F3N2O/c1-5-6(7(15)4-13)2-3-8(14-5)9(10,11)12/h2-3H,4,13H2,1H3. The number of carbonyl (C=O) groups excluding carboxylic acids is 1. The second kappa shape index (κ2) is 3.98. The van der Waals surface area contributed by atoms with Crippen molar-refractivity contribution in [2.45, 2.75) is 13.1 Å². The number of rotatable bonds is 2. The van der Waals surface area contributed by atoms with Crippen LogP contribution in [0.3, 0.4) is 0 Å². The van der Waals surface area contributed by atoms with Gasteiger partial charge in [0.1, 0.15) is 5.69 Å². The summed E-state index contributed by atoms with van der Waals surface area (Å²) >= 11 is 0. The highest BCUT2D eigenvalue weighted by atomic mass is 19.4. The monoisotopic (exact) mass is 218 g/mol. The number of pyridine rings is 1. The minimum Gasteiger partial charge on any atom is -0.324 e. The van der Waals surface area contributed by atoms with Crippen LogP contribution in [0, 0.1) is 6.92 Å². The number of aromatic nitrogens is 1. The molecule has 0 amide bonds. The molecule has 0 atom stereocenters. The second-order valence-corrected chi connectivity index (χ2v) is 2.95. The first-order valence-corrected chi connectivity index (χ1v) is 4.14. The number of aryl methyl sites for hydroxylation is 1. The fourth-order valence-electron chi connectivity index (χ4n) is 1.12. The number of hydrogen-bond acceptors (Lipinski definition) is 3. The van der Waals surface area contributed by atoms with E-state index in [0.29, 0.717) is 0 Å². The number of halogens is 3. The largest absolute Gasteiger partial charge is 0.433 e. The Morgan fingerprint density at radius 1 is 1.47 bits per heavy atom. The first kappa shape index (κ1) is 11.6. The normalized spacial score (nSPS) is 11.5. The van der Waals surface area contributed by atoms with Crippen LogP contribution in [0.5, 0.6) is 0 Å². The number of ketones is 1. The molecule has 0 radical (unpaired) electrons. The highest BCUT2D eigenvalue weighted by Gasteiger charge is 2.32. The van der Waals surface area contributed by atoms with E-state index in [2.05, 4.69) is 4.98 Å². The Morgan fingerprint density at radius 2 is 2.07 bits per heavy atom. The highest BCUT2D eigenvalue weighted by Crippen LogP contribution is 2.28. The fraction of sp³-hybridized carbons (Fsp3) is 0.333. The molecule has 1 rings (SSSR count). The quantitative estimate of drug-likeness (QED) is 0.766. The molecule has 0 aromatic carbocycles. The molecule has 1 aromatic rings. The molecule has 82 valence electrons. The number of Topliss-reactive ketones (excluding diaryl/α,β-unsaturated/α-hetero) is 1. The molecule has 2 N–H and O–H groups in total. The number of nitrogens with zero attached hydrogens (tertiary/aromatic N) is 1. The summed E-state index contributed by atoms with van der Waals surface area (Å²) < 4.78 is 36.6. The van der Waals surface area contributed by atoms with Gasteiger partial charge in [0.2, 0.25) is 0 Å². The molecule has 15 heavy (non-hydrogen) atoms. The van der Waals surface area contributed by atoms with E-state index in [1.165, 1.54) is 6.92 Å². The summed E-state index contributed by atoms with van der Waals surface area (Å²) in [7, 11) is 0. The van der Waals surface area contributed by atoms with Gasteiger partial charge < -0.3 is 5.73 Å². The van der Waals surface area contributed by atoms with E-state index in [1.54, 1.807) is 0 Å². The zero-order valence-electron chi connectivity index (χ0n) is 7.93. The van der Waals surface area contributed by atoms with Gasteiger partial charge in [-0.1, -0.05) is 0 Å². The van der Waals surface area contributed by atoms with Gasteiger partial charge in [0.25, 0.3) is 0 Å². The predicted molar refractivity (Wildman–Crippen MR) is 47.4 cm³/mol. The number of hydrogen-bond donors (Lipinski definition) is 1. The van der Waals surface area contributed by atoms with Gasteiger partial charge >= 0.3 is 6.18 Å². The molecule has 0 aliphatic carbocycles. The van der Waals surface area contributed by atoms with Crippen LogP contribution in [0.1, 0.15) is 21.7 Å². The van der Waals surface area contributed by atoms with Crippen molar-refractivity contribution in [1.29, 1.82) is 0 Å². The van der Waals surface area contributed by atoms with Gasteiger partial charge in [0, 0.05) is 11.3 Å². The molecule has 3 nitrogen and oxygen atoms in total. The maximum absolute atomic E-state index is 12.2. The Balaban J connectivity index is 3.15. The van der Waals surface area contributed by atoms with Gasteiger partial charge in [0.05, 0.1) is 6.54 Å². The van der Waals surface area contributed by atoms with Crippen LogP contribution < -0.4 is 5.73 Å². The van der Waals surface area contributed by atoms with E-state index in [9.17, 15) is 18.0 Å². The average molecular weight is 218 g/mol. The first-order valence-electron chi connectivity index (χ1n) is 4.14. The Labute approximate surface area is 84.1 Å². The lowest BCUT2D eigenvalue weighted by molar-refractivity contribution is -0.141. The van der Waals surface area contributed by atoms with Gasteiger partial charge in [-0.3, -0.25) is 4.79 Å². The Kier molecular flexibility index (Phi) is 3.09. The van der Waals surface area contributed by atoms with Crippen molar-refractivity contribution in [3.63, 3.8) is 0 Å². The third kappa shape index (κ3) is 2.53. The van der Waals surface area contributed by atoms with Crippen LogP contribution in [0.15, 0.2) is 12.1 Å². The molecule has 6 heteroatoms. The van der Waals surface area contributed by atoms with Crippen LogP contribution in [0.2, 0.25) is 0 Å². The van der Waals surface area contributed by atoms with E-state index < -0.39 is 17.7 Å². The zero-order chi connectivity index (χ0) is 11.6. The second-order valence-electron chi connectivity index (χ2n) is 2.95. The fourth-order valence-corrected chi connectivity index (χ4v) is 1.12. The summed E-state index contributed by atoms with van der Waals surface area (Å²) in [6.07, 6.45) is -4.49. The Bertz CT molecular complexity index is 387. The minimum absolute atomic E-state index is 0.0419. The molecule has 0 spiro atoms. The van der Waals surface area contributed by atoms with Crippen molar-refractivity contribution in [2.75, 3.05) is 6.54 Å². The molecule has 0 fully saturated rings.